The van der Waals surface area contributed by atoms with Crippen LogP contribution in [0, 0.1) is 0 Å². The Labute approximate surface area is 36.5 Å². The number of hydrogen-bond acceptors (Lipinski definition) is 1. The van der Waals surface area contributed by atoms with E-state index in [9.17, 15) is 4.79 Å². The molecule has 0 bridgehead atoms. The van der Waals surface area contributed by atoms with Crippen LogP contribution in [-0.4, -0.2) is 12.5 Å². The molecular formula is C4H7NO. The van der Waals surface area contributed by atoms with Crippen molar-refractivity contribution in [2.75, 3.05) is 6.54 Å². The Bertz CT molecular complexity index is 61.9. The van der Waals surface area contributed by atoms with Crippen LogP contribution in [0.15, 0.2) is 0 Å². The lowest BCUT2D eigenvalue weighted by atomic mass is 12.3. The van der Waals surface area contributed by atoms with Crippen molar-refractivity contribution in [2.45, 2.75) is 12.8 Å². The third-order valence-electron chi connectivity index (χ3n) is 0.903. The van der Waals surface area contributed by atoms with Crippen molar-refractivity contribution in [1.29, 1.82) is 0 Å². The van der Waals surface area contributed by atoms with Gasteiger partial charge in [0.05, 0.1) is 0 Å². The summed E-state index contributed by atoms with van der Waals surface area (Å²) in [7, 11) is 0. The monoisotopic (exact) mass is 93.1 g/mol. The number of hydrogen-bond donors (Lipinski definition) is 1. The maximum Gasteiger partial charge on any atom is 0.220 e. The predicted molar refractivity (Wildman–Crippen MR) is 22.2 cm³/mol. The van der Waals surface area contributed by atoms with Crippen LogP contribution >= 0.6 is 0 Å². The predicted octanol–water partition coefficient (Wildman–Crippen LogP) is -0.104. The van der Waals surface area contributed by atoms with Gasteiger partial charge >= 0.3 is 0 Å². The van der Waals surface area contributed by atoms with Crippen molar-refractivity contribution in [3.63, 3.8) is 0 Å². The van der Waals surface area contributed by atoms with Gasteiger partial charge in [0, 0.05) is 13.0 Å². The summed E-state index contributed by atoms with van der Waals surface area (Å²) >= 11 is 0. The molecule has 0 spiro atoms. The Hall–Kier alpha value is -0.530. The summed E-state index contributed by atoms with van der Waals surface area (Å²) in [6, 6.07) is 0. The summed E-state index contributed by atoms with van der Waals surface area (Å²) in [4.78, 5) is 10.1. The van der Waals surface area contributed by atoms with Gasteiger partial charge in [-0.1, -0.05) is 0 Å². The van der Waals surface area contributed by atoms with Gasteiger partial charge in [-0.05, 0) is 6.42 Å². The molecule has 0 aromatic heterocycles. The number of rotatable bonds is 0. The van der Waals surface area contributed by atoms with Crippen LogP contribution in [-0.2, 0) is 4.79 Å². The molecule has 2 heteroatoms. The highest BCUT2D eigenvalue weighted by Crippen LogP contribution is 1.93. The van der Waals surface area contributed by atoms with Crippen molar-refractivity contribution in [1.82, 2.24) is 5.32 Å². The van der Waals surface area contributed by atoms with Crippen molar-refractivity contribution in [3.8, 4) is 0 Å². The zero-order chi connectivity index (χ0) is 4.41. The topological polar surface area (TPSA) is 29.1 Å². The third-order valence-corrected chi connectivity index (χ3v) is 0.903. The van der Waals surface area contributed by atoms with Gasteiger partial charge in [-0.3, -0.25) is 4.79 Å². The zero-order valence-corrected chi connectivity index (χ0v) is 3.53. The average Bonchev–Trinajstić information content (AvgIpc) is 1.86. The number of nitrogens with one attached hydrogen (secondary N) is 1. The molecule has 0 aliphatic carbocycles. The number of carbonyl (C=O) groups excluding carboxylic acids is 1. The first-order valence-corrected chi connectivity index (χ1v) is 2.16. The minimum atomic E-state index is 0.204. The lowest BCUT2D eigenvalue weighted by molar-refractivity contribution is -0.119. The van der Waals surface area contributed by atoms with E-state index in [-0.39, 0.29) is 5.91 Å². The molecule has 1 amide bonds. The average molecular weight is 93.1 g/mol. The first-order chi connectivity index (χ1) is 2.89. The van der Waals surface area contributed by atoms with E-state index >= 15 is 0 Å². The molecule has 0 aromatic rings. The third kappa shape index (κ3) is 0.506. The second kappa shape index (κ2) is 1.29. The second-order valence-corrected chi connectivity index (χ2v) is 1.45. The normalized spacial score (nSPS) is 21.0. The molecule has 6 heavy (non-hydrogen) atoms. The summed E-state index contributed by atoms with van der Waals surface area (Å²) in [5, 5.41) is 2.68. The van der Waals surface area contributed by atoms with Crippen LogP contribution in [0.3, 0.4) is 0 Å². The van der Waals surface area contributed by atoms with E-state index in [2.05, 4.69) is 5.32 Å². The summed E-state index contributed by atoms with van der Waals surface area (Å²) in [5.41, 5.74) is 0. The van der Waals surface area contributed by atoms with Crippen LogP contribution < -0.4 is 5.32 Å². The van der Waals surface area contributed by atoms with Crippen LogP contribution in [0.5, 0.6) is 0 Å². The Morgan fingerprint density at radius 3 is 2.67 bits per heavy atom. The van der Waals surface area contributed by atoms with Crippen LogP contribution in [0.25, 0.3) is 0 Å². The Morgan fingerprint density at radius 1 is 1.67 bits per heavy atom. The molecule has 0 unspecified atom stereocenters. The Kier molecular flexibility index (Phi) is 0.783. The van der Waals surface area contributed by atoms with Crippen molar-refractivity contribution in [3.05, 3.63) is 0 Å². The van der Waals surface area contributed by atoms with E-state index in [1.165, 1.54) is 0 Å². The SMILES string of the molecule is O=[14C]1[14CH2][14CH2][14CH2]N1. The summed E-state index contributed by atoms with van der Waals surface area (Å²) < 4.78 is 0. The summed E-state index contributed by atoms with van der Waals surface area (Å²) in [5.74, 6) is 0.204. The molecule has 1 rings (SSSR count). The molecule has 1 saturated heterocycles. The van der Waals surface area contributed by atoms with Crippen LogP contribution in [0.2, 0.25) is 0 Å². The minimum Gasteiger partial charge on any atom is -0.356 e. The largest absolute Gasteiger partial charge is 0.356 e. The molecule has 2 nitrogen and oxygen atoms in total. The fraction of sp³-hybridized carbons (Fsp3) is 0.750. The second-order valence-electron chi connectivity index (χ2n) is 1.45. The lowest BCUT2D eigenvalue weighted by Crippen LogP contribution is -2.12. The quantitative estimate of drug-likeness (QED) is 0.445. The molecule has 1 aliphatic heterocycles. The van der Waals surface area contributed by atoms with E-state index in [4.69, 9.17) is 0 Å². The zero-order valence-electron chi connectivity index (χ0n) is 3.53. The molecule has 1 N–H and O–H groups in total. The summed E-state index contributed by atoms with van der Waals surface area (Å²) in [6.07, 6.45) is 1.76. The summed E-state index contributed by atoms with van der Waals surface area (Å²) in [6.45, 7) is 0.888. The molecule has 1 aliphatic rings. The van der Waals surface area contributed by atoms with Gasteiger partial charge in [-0.15, -0.1) is 0 Å². The minimum absolute atomic E-state index is 0.204. The molecule has 0 saturated carbocycles. The van der Waals surface area contributed by atoms with E-state index in [0.29, 0.717) is 0 Å². The Morgan fingerprint density at radius 2 is 2.50 bits per heavy atom. The van der Waals surface area contributed by atoms with Gasteiger partial charge in [0.15, 0.2) is 0 Å². The lowest BCUT2D eigenvalue weighted by Gasteiger charge is -1.80. The maximum atomic E-state index is 10.1. The van der Waals surface area contributed by atoms with E-state index < -0.39 is 0 Å². The van der Waals surface area contributed by atoms with Crippen molar-refractivity contribution in [2.24, 2.45) is 0 Å². The van der Waals surface area contributed by atoms with Crippen LogP contribution in [0.1, 0.15) is 12.8 Å². The molecular weight excluding hydrogens is 86.0 g/mol. The Balaban J connectivity index is 2.37. The highest BCUT2D eigenvalue weighted by molar-refractivity contribution is 5.77. The smallest absolute Gasteiger partial charge is 0.220 e. The van der Waals surface area contributed by atoms with E-state index in [1.807, 2.05) is 0 Å². The maximum absolute atomic E-state index is 10.1. The first kappa shape index (κ1) is 3.65. The van der Waals surface area contributed by atoms with Gasteiger partial charge in [0.1, 0.15) is 0 Å². The van der Waals surface area contributed by atoms with Gasteiger partial charge in [-0.2, -0.15) is 0 Å². The standard InChI is InChI=1S/C4H7NO/c6-4-2-1-3-5-4/h1-3H2,(H,5,6)/i1+2,2+2,3+2,4+2. The molecule has 34 valence electrons. The van der Waals surface area contributed by atoms with Gasteiger partial charge in [0.25, 0.3) is 0 Å². The van der Waals surface area contributed by atoms with Crippen molar-refractivity contribution >= 4 is 5.91 Å². The fourth-order valence-corrected chi connectivity index (χ4v) is 0.565. The molecule has 0 radical (unpaired) electrons. The van der Waals surface area contributed by atoms with E-state index in [1.54, 1.807) is 0 Å². The van der Waals surface area contributed by atoms with Gasteiger partial charge < -0.3 is 5.32 Å². The van der Waals surface area contributed by atoms with Gasteiger partial charge in [-0.25, -0.2) is 0 Å². The van der Waals surface area contributed by atoms with Crippen molar-refractivity contribution < 1.29 is 4.79 Å². The highest BCUT2D eigenvalue weighted by atomic mass is 16.4. The number of amides is 1. The number of carbonyl (C=O) groups is 1. The van der Waals surface area contributed by atoms with E-state index in [0.717, 1.165) is 19.4 Å². The molecule has 1 heterocycles. The highest BCUT2D eigenvalue weighted by Gasteiger charge is 2.05. The molecule has 0 atom stereocenters. The molecule has 1 fully saturated rings. The van der Waals surface area contributed by atoms with Crippen LogP contribution in [0.4, 0.5) is 0 Å². The fourth-order valence-electron chi connectivity index (χ4n) is 0.565. The van der Waals surface area contributed by atoms with Gasteiger partial charge in [0.2, 0.25) is 5.91 Å². The first-order valence-electron chi connectivity index (χ1n) is 2.16. The molecule has 0 aromatic carbocycles.